The molecule has 1 amide bonds. The minimum Gasteiger partial charge on any atom is -0.467 e. The number of hydrogen-bond acceptors (Lipinski definition) is 6. The first-order valence-corrected chi connectivity index (χ1v) is 7.69. The molecule has 0 aromatic heterocycles. The zero-order valence-electron chi connectivity index (χ0n) is 14.6. The molecule has 0 spiro atoms. The fourth-order valence-electron chi connectivity index (χ4n) is 2.11. The summed E-state index contributed by atoms with van der Waals surface area (Å²) < 4.78 is 14.8. The number of rotatable bonds is 10. The van der Waals surface area contributed by atoms with Gasteiger partial charge in [0.1, 0.15) is 6.04 Å². The molecule has 0 fully saturated rings. The molecule has 0 radical (unpaired) electrons. The van der Waals surface area contributed by atoms with Crippen LogP contribution in [0.4, 0.5) is 0 Å². The van der Waals surface area contributed by atoms with Crippen LogP contribution in [-0.4, -0.2) is 58.6 Å². The lowest BCUT2D eigenvalue weighted by molar-refractivity contribution is -0.145. The number of amides is 1. The van der Waals surface area contributed by atoms with Crippen LogP contribution in [0.1, 0.15) is 11.1 Å². The molecule has 24 heavy (non-hydrogen) atoms. The van der Waals surface area contributed by atoms with Crippen molar-refractivity contribution in [2.75, 3.05) is 34.4 Å². The molecule has 0 aliphatic heterocycles. The van der Waals surface area contributed by atoms with Crippen molar-refractivity contribution >= 4 is 11.9 Å². The van der Waals surface area contributed by atoms with Gasteiger partial charge in [-0.05, 0) is 12.5 Å². The molecule has 1 rings (SSSR count). The van der Waals surface area contributed by atoms with E-state index in [1.165, 1.54) is 21.3 Å². The minimum absolute atomic E-state index is 0.0462. The van der Waals surface area contributed by atoms with E-state index in [-0.39, 0.29) is 12.5 Å². The van der Waals surface area contributed by atoms with Gasteiger partial charge in [-0.25, -0.2) is 4.79 Å². The first-order chi connectivity index (χ1) is 11.5. The predicted molar refractivity (Wildman–Crippen MR) is 89.5 cm³/mol. The summed E-state index contributed by atoms with van der Waals surface area (Å²) in [6.45, 7) is 2.40. The van der Waals surface area contributed by atoms with Gasteiger partial charge in [0.05, 0.1) is 13.7 Å². The van der Waals surface area contributed by atoms with Crippen molar-refractivity contribution in [3.63, 3.8) is 0 Å². The van der Waals surface area contributed by atoms with Crippen molar-refractivity contribution < 1.29 is 23.8 Å². The Morgan fingerprint density at radius 2 is 1.71 bits per heavy atom. The monoisotopic (exact) mass is 338 g/mol. The maximum absolute atomic E-state index is 12.0. The average Bonchev–Trinajstić information content (AvgIpc) is 2.59. The quantitative estimate of drug-likeness (QED) is 0.475. The number of nitrogens with one attached hydrogen (secondary N) is 2. The van der Waals surface area contributed by atoms with Crippen molar-refractivity contribution in [1.29, 1.82) is 0 Å². The molecule has 2 N–H and O–H groups in total. The van der Waals surface area contributed by atoms with E-state index in [0.717, 1.165) is 11.1 Å². The van der Waals surface area contributed by atoms with Gasteiger partial charge >= 0.3 is 5.97 Å². The average molecular weight is 338 g/mol. The second-order valence-electron chi connectivity index (χ2n) is 5.36. The number of benzene rings is 1. The Bertz CT molecular complexity index is 514. The highest BCUT2D eigenvalue weighted by atomic mass is 16.7. The summed E-state index contributed by atoms with van der Waals surface area (Å²) in [6, 6.07) is 7.05. The van der Waals surface area contributed by atoms with Gasteiger partial charge in [0.15, 0.2) is 6.29 Å². The maximum atomic E-state index is 12.0. The number of carbonyl (C=O) groups excluding carboxylic acids is 2. The molecule has 0 aliphatic rings. The lowest BCUT2D eigenvalue weighted by atomic mass is 10.0. The van der Waals surface area contributed by atoms with Crippen LogP contribution >= 0.6 is 0 Å². The van der Waals surface area contributed by atoms with Crippen LogP contribution in [0.15, 0.2) is 24.3 Å². The lowest BCUT2D eigenvalue weighted by Crippen LogP contribution is -2.47. The van der Waals surface area contributed by atoms with E-state index >= 15 is 0 Å². The summed E-state index contributed by atoms with van der Waals surface area (Å²) in [5.41, 5.74) is 2.08. The van der Waals surface area contributed by atoms with Crippen molar-refractivity contribution in [2.24, 2.45) is 0 Å². The lowest BCUT2D eigenvalue weighted by Gasteiger charge is -2.18. The SMILES string of the molecule is COC(=O)[C@@H](Cc1ccc(C)cc1)NC(=O)CNCC(OC)OC. The summed E-state index contributed by atoms with van der Waals surface area (Å²) >= 11 is 0. The highest BCUT2D eigenvalue weighted by Crippen LogP contribution is 2.07. The molecule has 1 aromatic rings. The molecule has 7 heteroatoms. The Balaban J connectivity index is 2.54. The molecule has 0 bridgehead atoms. The van der Waals surface area contributed by atoms with Gasteiger partial charge in [-0.1, -0.05) is 29.8 Å². The molecule has 1 atom stereocenters. The van der Waals surface area contributed by atoms with Crippen LogP contribution in [0.2, 0.25) is 0 Å². The van der Waals surface area contributed by atoms with Gasteiger partial charge in [0.2, 0.25) is 5.91 Å². The van der Waals surface area contributed by atoms with Crippen LogP contribution < -0.4 is 10.6 Å². The van der Waals surface area contributed by atoms with Gasteiger partial charge in [-0.2, -0.15) is 0 Å². The van der Waals surface area contributed by atoms with Crippen LogP contribution in [0.5, 0.6) is 0 Å². The van der Waals surface area contributed by atoms with Crippen molar-refractivity contribution in [1.82, 2.24) is 10.6 Å². The first kappa shape index (κ1) is 20.1. The smallest absolute Gasteiger partial charge is 0.328 e. The van der Waals surface area contributed by atoms with E-state index in [9.17, 15) is 9.59 Å². The third-order valence-corrected chi connectivity index (χ3v) is 3.50. The molecular weight excluding hydrogens is 312 g/mol. The molecule has 7 nitrogen and oxygen atoms in total. The van der Waals surface area contributed by atoms with E-state index in [0.29, 0.717) is 13.0 Å². The molecule has 134 valence electrons. The number of aryl methyl sites for hydroxylation is 1. The summed E-state index contributed by atoms with van der Waals surface area (Å²) in [5.74, 6) is -0.779. The largest absolute Gasteiger partial charge is 0.467 e. The van der Waals surface area contributed by atoms with E-state index in [1.807, 2.05) is 31.2 Å². The zero-order valence-corrected chi connectivity index (χ0v) is 14.6. The number of ether oxygens (including phenoxy) is 3. The van der Waals surface area contributed by atoms with Crippen LogP contribution in [0, 0.1) is 6.92 Å². The Labute approximate surface area is 142 Å². The van der Waals surface area contributed by atoms with Crippen molar-refractivity contribution in [3.8, 4) is 0 Å². The van der Waals surface area contributed by atoms with Gasteiger partial charge in [0, 0.05) is 27.2 Å². The van der Waals surface area contributed by atoms with Gasteiger partial charge < -0.3 is 24.8 Å². The van der Waals surface area contributed by atoms with E-state index in [1.54, 1.807) is 0 Å². The van der Waals surface area contributed by atoms with E-state index < -0.39 is 18.3 Å². The Kier molecular flexibility index (Phi) is 8.99. The fraction of sp³-hybridized carbons (Fsp3) is 0.529. The molecule has 0 heterocycles. The number of hydrogen-bond donors (Lipinski definition) is 2. The van der Waals surface area contributed by atoms with Crippen molar-refractivity contribution in [3.05, 3.63) is 35.4 Å². The predicted octanol–water partition coefficient (Wildman–Crippen LogP) is 0.404. The molecule has 0 unspecified atom stereocenters. The van der Waals surface area contributed by atoms with Crippen molar-refractivity contribution in [2.45, 2.75) is 25.7 Å². The van der Waals surface area contributed by atoms with Gasteiger partial charge in [-0.15, -0.1) is 0 Å². The van der Waals surface area contributed by atoms with Gasteiger partial charge in [-0.3, -0.25) is 4.79 Å². The second kappa shape index (κ2) is 10.7. The normalized spacial score (nSPS) is 12.0. The second-order valence-corrected chi connectivity index (χ2v) is 5.36. The zero-order chi connectivity index (χ0) is 17.9. The number of methoxy groups -OCH3 is 3. The molecule has 0 aliphatic carbocycles. The Hall–Kier alpha value is -1.96. The maximum Gasteiger partial charge on any atom is 0.328 e. The van der Waals surface area contributed by atoms with Crippen LogP contribution in [-0.2, 0) is 30.2 Å². The Morgan fingerprint density at radius 1 is 1.08 bits per heavy atom. The highest BCUT2D eigenvalue weighted by molar-refractivity contribution is 5.85. The topological polar surface area (TPSA) is 85.9 Å². The standard InChI is InChI=1S/C17H26N2O5/c1-12-5-7-13(8-6-12)9-14(17(21)24-4)19-15(20)10-18-11-16(22-2)23-3/h5-8,14,16,18H,9-11H2,1-4H3,(H,19,20)/t14-/m1/s1. The van der Waals surface area contributed by atoms with E-state index in [2.05, 4.69) is 10.6 Å². The van der Waals surface area contributed by atoms with Crippen LogP contribution in [0.3, 0.4) is 0 Å². The first-order valence-electron chi connectivity index (χ1n) is 7.69. The summed E-state index contributed by atoms with van der Waals surface area (Å²) in [4.78, 5) is 23.9. The summed E-state index contributed by atoms with van der Waals surface area (Å²) in [5, 5.41) is 5.59. The molecular formula is C17H26N2O5. The minimum atomic E-state index is -0.729. The molecule has 1 aromatic carbocycles. The van der Waals surface area contributed by atoms with Crippen LogP contribution in [0.25, 0.3) is 0 Å². The molecule has 0 saturated heterocycles. The third kappa shape index (κ3) is 7.08. The fourth-order valence-corrected chi connectivity index (χ4v) is 2.11. The van der Waals surface area contributed by atoms with Gasteiger partial charge in [0.25, 0.3) is 0 Å². The Morgan fingerprint density at radius 3 is 2.25 bits per heavy atom. The highest BCUT2D eigenvalue weighted by Gasteiger charge is 2.21. The van der Waals surface area contributed by atoms with E-state index in [4.69, 9.17) is 14.2 Å². The number of esters is 1. The number of carbonyl (C=O) groups is 2. The third-order valence-electron chi connectivity index (χ3n) is 3.50. The molecule has 0 saturated carbocycles. The summed E-state index contributed by atoms with van der Waals surface area (Å²) in [7, 11) is 4.34. The summed E-state index contributed by atoms with van der Waals surface area (Å²) in [6.07, 6.45) is -0.0564.